The molecule has 4 heterocycles. The van der Waals surface area contributed by atoms with Crippen molar-refractivity contribution in [2.24, 2.45) is 5.92 Å². The Balaban J connectivity index is 1.08. The first-order valence-electron chi connectivity index (χ1n) is 13.7. The summed E-state index contributed by atoms with van der Waals surface area (Å²) in [4.78, 5) is 28.8. The maximum atomic E-state index is 13.0. The topological polar surface area (TPSA) is 95.7 Å². The van der Waals surface area contributed by atoms with E-state index < -0.39 is 6.10 Å². The van der Waals surface area contributed by atoms with Crippen molar-refractivity contribution in [3.05, 3.63) is 83.6 Å². The van der Waals surface area contributed by atoms with E-state index >= 15 is 0 Å². The smallest absolute Gasteiger partial charge is 0.229 e. The van der Waals surface area contributed by atoms with Crippen LogP contribution in [0.5, 0.6) is 0 Å². The Hall–Kier alpha value is -3.78. The molecule has 38 heavy (non-hydrogen) atoms. The quantitative estimate of drug-likeness (QED) is 0.378. The van der Waals surface area contributed by atoms with Crippen LogP contribution in [0.2, 0.25) is 0 Å². The van der Waals surface area contributed by atoms with Gasteiger partial charge in [-0.15, -0.1) is 0 Å². The number of carbonyl (C=O) groups excluding carboxylic acids is 1. The third kappa shape index (κ3) is 4.43. The number of aromatic nitrogens is 4. The van der Waals surface area contributed by atoms with Crippen molar-refractivity contribution in [2.45, 2.75) is 63.0 Å². The number of benzene rings is 1. The summed E-state index contributed by atoms with van der Waals surface area (Å²) in [7, 11) is 0. The van der Waals surface area contributed by atoms with Crippen LogP contribution >= 0.6 is 0 Å². The summed E-state index contributed by atoms with van der Waals surface area (Å²) in [5.41, 5.74) is 5.71. The molecule has 2 saturated carbocycles. The third-order valence-electron chi connectivity index (χ3n) is 8.27. The highest BCUT2D eigenvalue weighted by Gasteiger charge is 2.44. The highest BCUT2D eigenvalue weighted by molar-refractivity contribution is 5.94. The number of nitrogens with one attached hydrogen (secondary N) is 1. The first-order chi connectivity index (χ1) is 18.6. The third-order valence-corrected chi connectivity index (χ3v) is 8.27. The van der Waals surface area contributed by atoms with Crippen LogP contribution in [-0.2, 0) is 11.2 Å². The fraction of sp³-hybridized carbons (Fsp3) is 0.400. The number of pyridine rings is 1. The predicted molar refractivity (Wildman–Crippen MR) is 145 cm³/mol. The zero-order valence-corrected chi connectivity index (χ0v) is 21.5. The minimum absolute atomic E-state index is 0.00799. The molecular formula is C30H32N6O2. The van der Waals surface area contributed by atoms with Gasteiger partial charge in [-0.05, 0) is 60.3 Å². The molecule has 3 aliphatic rings. The van der Waals surface area contributed by atoms with Gasteiger partial charge in [-0.3, -0.25) is 4.79 Å². The van der Waals surface area contributed by atoms with Crippen LogP contribution < -0.4 is 10.2 Å². The Morgan fingerprint density at radius 1 is 1.08 bits per heavy atom. The number of anilines is 2. The van der Waals surface area contributed by atoms with E-state index in [1.807, 2.05) is 0 Å². The molecule has 4 aromatic rings. The number of β-amino-alcohol motifs (C(OH)–C–C–N with tert-alkyl or cyclic N) is 1. The van der Waals surface area contributed by atoms with E-state index in [-0.39, 0.29) is 23.8 Å². The summed E-state index contributed by atoms with van der Waals surface area (Å²) in [6.45, 7) is 2.60. The molecule has 1 amide bonds. The molecule has 1 aliphatic heterocycles. The first kappa shape index (κ1) is 23.3. The van der Waals surface area contributed by atoms with Gasteiger partial charge in [0.25, 0.3) is 0 Å². The number of imidazole rings is 1. The minimum atomic E-state index is -0.481. The second-order valence-electron chi connectivity index (χ2n) is 11.0. The Morgan fingerprint density at radius 2 is 1.97 bits per heavy atom. The fourth-order valence-corrected chi connectivity index (χ4v) is 5.88. The van der Waals surface area contributed by atoms with Gasteiger partial charge in [0, 0.05) is 37.3 Å². The molecule has 8 nitrogen and oxygen atoms in total. The molecule has 4 atom stereocenters. The molecule has 2 N–H and O–H groups in total. The van der Waals surface area contributed by atoms with Gasteiger partial charge in [0.2, 0.25) is 5.91 Å². The molecule has 8 heteroatoms. The molecule has 0 bridgehead atoms. The molecule has 1 aromatic carbocycles. The maximum absolute atomic E-state index is 13.0. The molecule has 0 spiro atoms. The van der Waals surface area contributed by atoms with E-state index in [0.717, 1.165) is 24.2 Å². The molecule has 3 fully saturated rings. The number of fused-ring (bicyclic) bond motifs is 1. The van der Waals surface area contributed by atoms with Crippen LogP contribution in [0.15, 0.2) is 61.2 Å². The van der Waals surface area contributed by atoms with Crippen LogP contribution in [0.4, 0.5) is 11.6 Å². The molecule has 194 valence electrons. The Kier molecular flexibility index (Phi) is 5.65. The van der Waals surface area contributed by atoms with Crippen LogP contribution in [0.1, 0.15) is 72.9 Å². The summed E-state index contributed by atoms with van der Waals surface area (Å²) in [6, 6.07) is 14.5. The van der Waals surface area contributed by atoms with Gasteiger partial charge in [-0.25, -0.2) is 15.0 Å². The van der Waals surface area contributed by atoms with E-state index in [0.29, 0.717) is 30.5 Å². The number of carbonyl (C=O) groups is 1. The zero-order chi connectivity index (χ0) is 25.8. The van der Waals surface area contributed by atoms with Crippen LogP contribution in [0.3, 0.4) is 0 Å². The second kappa shape index (κ2) is 9.20. The number of hydrogen-bond acceptors (Lipinski definition) is 6. The number of aliphatic hydroxyl groups is 1. The van der Waals surface area contributed by atoms with Gasteiger partial charge < -0.3 is 19.7 Å². The van der Waals surface area contributed by atoms with Crippen molar-refractivity contribution >= 4 is 23.2 Å². The van der Waals surface area contributed by atoms with E-state index in [2.05, 4.69) is 80.3 Å². The average molecular weight is 509 g/mol. The van der Waals surface area contributed by atoms with Crippen molar-refractivity contribution in [2.75, 3.05) is 16.8 Å². The minimum Gasteiger partial charge on any atom is -0.391 e. The van der Waals surface area contributed by atoms with E-state index in [1.165, 1.54) is 35.9 Å². The maximum Gasteiger partial charge on any atom is 0.229 e. The second-order valence-corrected chi connectivity index (χ2v) is 11.0. The molecule has 2 aliphatic carbocycles. The van der Waals surface area contributed by atoms with Gasteiger partial charge in [0.1, 0.15) is 23.6 Å². The zero-order valence-electron chi connectivity index (χ0n) is 21.5. The number of aliphatic hydroxyl groups excluding tert-OH is 1. The Labute approximate surface area is 221 Å². The van der Waals surface area contributed by atoms with Crippen molar-refractivity contribution < 1.29 is 9.90 Å². The summed E-state index contributed by atoms with van der Waals surface area (Å²) in [5, 5.41) is 13.6. The molecule has 0 radical (unpaired) electrons. The highest BCUT2D eigenvalue weighted by atomic mass is 16.3. The number of aryl methyl sites for hydroxylation is 1. The number of amides is 1. The lowest BCUT2D eigenvalue weighted by Crippen LogP contribution is -2.26. The van der Waals surface area contributed by atoms with Crippen molar-refractivity contribution in [1.29, 1.82) is 0 Å². The molecule has 3 aromatic heterocycles. The lowest BCUT2D eigenvalue weighted by Gasteiger charge is -2.24. The van der Waals surface area contributed by atoms with E-state index in [1.54, 1.807) is 6.07 Å². The largest absolute Gasteiger partial charge is 0.391 e. The van der Waals surface area contributed by atoms with Crippen molar-refractivity contribution in [1.82, 2.24) is 19.4 Å². The SMILES string of the molecule is CCc1cccc([C@H]2C[C@@H]2C(=O)Nc2cc(N3C[C@@H](O)C[C@@H]3c3cn4cc(C5CC5)ccc4n3)ncn2)c1. The van der Waals surface area contributed by atoms with Crippen LogP contribution in [-0.4, -0.2) is 43.0 Å². The van der Waals surface area contributed by atoms with E-state index in [4.69, 9.17) is 4.98 Å². The summed E-state index contributed by atoms with van der Waals surface area (Å²) in [6.07, 6.45) is 10.2. The van der Waals surface area contributed by atoms with Crippen molar-refractivity contribution in [3.63, 3.8) is 0 Å². The number of hydrogen-bond donors (Lipinski definition) is 2. The summed E-state index contributed by atoms with van der Waals surface area (Å²) >= 11 is 0. The molecular weight excluding hydrogens is 476 g/mol. The first-order valence-corrected chi connectivity index (χ1v) is 13.7. The van der Waals surface area contributed by atoms with Gasteiger partial charge in [-0.2, -0.15) is 0 Å². The van der Waals surface area contributed by atoms with Crippen LogP contribution in [0.25, 0.3) is 5.65 Å². The standard InChI is InChI=1S/C30H32N6O2/c1-2-18-4-3-5-20(10-18)23-12-24(23)30(38)34-27-13-29(32-17-31-27)36-15-22(37)11-26(36)25-16-35-14-21(19-6-7-19)8-9-28(35)33-25/h3-5,8-10,13-14,16-17,19,22-24,26,37H,2,6-7,11-12,15H2,1H3,(H,31,32,34,38)/t22-,23+,24-,26+/m0/s1. The van der Waals surface area contributed by atoms with Gasteiger partial charge >= 0.3 is 0 Å². The van der Waals surface area contributed by atoms with Gasteiger partial charge in [-0.1, -0.05) is 37.3 Å². The fourth-order valence-electron chi connectivity index (χ4n) is 5.88. The van der Waals surface area contributed by atoms with E-state index in [9.17, 15) is 9.90 Å². The van der Waals surface area contributed by atoms with Gasteiger partial charge in [0.05, 0.1) is 17.8 Å². The van der Waals surface area contributed by atoms with Crippen molar-refractivity contribution in [3.8, 4) is 0 Å². The Bertz CT molecular complexity index is 1510. The van der Waals surface area contributed by atoms with Crippen LogP contribution in [0, 0.1) is 5.92 Å². The molecule has 7 rings (SSSR count). The van der Waals surface area contributed by atoms with Gasteiger partial charge in [0.15, 0.2) is 0 Å². The molecule has 1 saturated heterocycles. The Morgan fingerprint density at radius 3 is 2.82 bits per heavy atom. The monoisotopic (exact) mass is 508 g/mol. The summed E-state index contributed by atoms with van der Waals surface area (Å²) < 4.78 is 2.10. The highest BCUT2D eigenvalue weighted by Crippen LogP contribution is 2.48. The summed E-state index contributed by atoms with van der Waals surface area (Å²) in [5.74, 6) is 2.05. The normalized spacial score (nSPS) is 24.6. The lowest BCUT2D eigenvalue weighted by molar-refractivity contribution is -0.117. The lowest BCUT2D eigenvalue weighted by atomic mass is 10.0. The predicted octanol–water partition coefficient (Wildman–Crippen LogP) is 4.62. The number of nitrogens with zero attached hydrogens (tertiary/aromatic N) is 5. The average Bonchev–Trinajstić information content (AvgIpc) is 3.86. The molecule has 0 unspecified atom stereocenters. The number of rotatable bonds is 7.